The van der Waals surface area contributed by atoms with E-state index in [4.69, 9.17) is 19.9 Å². The van der Waals surface area contributed by atoms with Crippen LogP contribution in [0, 0.1) is 12.1 Å². The molecule has 20 heteroatoms. The molecule has 4 aromatic carbocycles. The number of pyridine rings is 4. The van der Waals surface area contributed by atoms with Crippen molar-refractivity contribution in [2.75, 3.05) is 0 Å². The van der Waals surface area contributed by atoms with Crippen LogP contribution in [0.25, 0.3) is 83.2 Å². The standard InChI is InChI=1S/2C29H25N4S2.F6P.Na/c2*1(6-16-32-18-12-22(13-19-32)28-30-24-8-2-4-10-26(24)34-28)7-17-33-20-14-23(15-21-33)29-31-25-9-3-5-11-27(25)35-29;1-7(2,3,4,5)6;/h2*2-5,8-14,18-21H,1,6-7,16-17H2;;/q2*+1;-1;+1. The summed E-state index contributed by atoms with van der Waals surface area (Å²) in [4.78, 5) is 19.0. The van der Waals surface area contributed by atoms with Crippen LogP contribution >= 0.6 is 53.2 Å². The Labute approximate surface area is 485 Å². The third-order valence-corrected chi connectivity index (χ3v) is 16.5. The Bertz CT molecular complexity index is 3270. The first kappa shape index (κ1) is 56.8. The van der Waals surface area contributed by atoms with E-state index in [1.807, 2.05) is 24.3 Å². The molecule has 0 fully saturated rings. The van der Waals surface area contributed by atoms with Crippen LogP contribution in [-0.4, -0.2) is 19.9 Å². The van der Waals surface area contributed by atoms with Crippen molar-refractivity contribution in [3.8, 4) is 42.3 Å². The molecule has 8 aromatic heterocycles. The average Bonchev–Trinajstić information content (AvgIpc) is 4.28. The van der Waals surface area contributed by atoms with E-state index in [9.17, 15) is 25.2 Å². The average molecular weight is 1160 g/mol. The summed E-state index contributed by atoms with van der Waals surface area (Å²) in [5.41, 5.74) is 8.76. The summed E-state index contributed by atoms with van der Waals surface area (Å²) in [6.45, 7) is 4.09. The molecule has 392 valence electrons. The zero-order chi connectivity index (χ0) is 53.3. The van der Waals surface area contributed by atoms with Crippen molar-refractivity contribution < 1.29 is 73.0 Å². The maximum absolute atomic E-state index is 10.7. The molecular weight excluding hydrogens is 1100 g/mol. The first-order valence-corrected chi connectivity index (χ1v) is 30.2. The summed E-state index contributed by atoms with van der Waals surface area (Å²) < 4.78 is 73.1. The van der Waals surface area contributed by atoms with Gasteiger partial charge in [-0.3, -0.25) is 0 Å². The van der Waals surface area contributed by atoms with Gasteiger partial charge in [0.25, 0.3) is 0 Å². The Morgan fingerprint density at radius 3 is 0.910 bits per heavy atom. The van der Waals surface area contributed by atoms with Gasteiger partial charge in [0.05, 0.1) is 31.5 Å². The molecule has 8 heterocycles. The van der Waals surface area contributed by atoms with Crippen molar-refractivity contribution in [2.24, 2.45) is 0 Å². The van der Waals surface area contributed by atoms with Gasteiger partial charge in [-0.15, -0.1) is 45.9 Å². The number of benzene rings is 4. The number of aryl methyl sites for hydroxylation is 4. The van der Waals surface area contributed by atoms with Crippen molar-refractivity contribution in [3.05, 3.63) is 195 Å². The fourth-order valence-corrected chi connectivity index (χ4v) is 12.2. The summed E-state index contributed by atoms with van der Waals surface area (Å²) >= 11 is 6.95. The predicted molar refractivity (Wildman–Crippen MR) is 300 cm³/mol. The van der Waals surface area contributed by atoms with E-state index in [-0.39, 0.29) is 29.6 Å². The number of hydrogen-bond acceptors (Lipinski definition) is 8. The van der Waals surface area contributed by atoms with Crippen LogP contribution < -0.4 is 47.8 Å². The minimum atomic E-state index is -10.7. The Morgan fingerprint density at radius 2 is 0.615 bits per heavy atom. The number of aromatic nitrogens is 8. The second-order valence-electron chi connectivity index (χ2n) is 18.2. The molecule has 0 radical (unpaired) electrons. The molecule has 78 heavy (non-hydrogen) atoms. The monoisotopic (exact) mass is 1150 g/mol. The number of hydrogen-bond donors (Lipinski definition) is 0. The summed E-state index contributed by atoms with van der Waals surface area (Å²) in [7, 11) is -10.7. The van der Waals surface area contributed by atoms with E-state index in [0.29, 0.717) is 0 Å². The van der Waals surface area contributed by atoms with Crippen LogP contribution in [0.15, 0.2) is 183 Å². The first-order valence-electron chi connectivity index (χ1n) is 24.9. The fourth-order valence-electron chi connectivity index (χ4n) is 8.37. The van der Waals surface area contributed by atoms with Gasteiger partial charge in [0.15, 0.2) is 24.8 Å². The van der Waals surface area contributed by atoms with Gasteiger partial charge in [-0.2, -0.15) is 22.7 Å². The minimum Gasteiger partial charge on any atom is -0.301 e. The molecule has 12 aromatic rings. The topological polar surface area (TPSA) is 67.1 Å². The van der Waals surface area contributed by atoms with Crippen LogP contribution in [0.4, 0.5) is 25.2 Å². The van der Waals surface area contributed by atoms with Crippen LogP contribution in [0.3, 0.4) is 0 Å². The quantitative estimate of drug-likeness (QED) is 0.0241. The number of unbranched alkanes of at least 4 members (excludes halogenated alkanes) is 4. The van der Waals surface area contributed by atoms with E-state index in [1.54, 1.807) is 45.3 Å². The molecule has 0 aliphatic heterocycles. The van der Waals surface area contributed by atoms with Gasteiger partial charge < -0.3 is 9.97 Å². The maximum Gasteiger partial charge on any atom is 1.00 e. The molecule has 0 atom stereocenters. The molecule has 0 aliphatic rings. The zero-order valence-corrected chi connectivity index (χ0v) is 48.5. The smallest absolute Gasteiger partial charge is 0.301 e. The van der Waals surface area contributed by atoms with Gasteiger partial charge in [0, 0.05) is 80.5 Å². The van der Waals surface area contributed by atoms with Gasteiger partial charge in [-0.1, -0.05) is 60.7 Å². The Balaban J connectivity index is 0.000000167. The number of rotatable bonds is 16. The molecule has 0 bridgehead atoms. The Morgan fingerprint density at radius 1 is 0.346 bits per heavy atom. The summed E-state index contributed by atoms with van der Waals surface area (Å²) in [5.74, 6) is 0. The van der Waals surface area contributed by atoms with Gasteiger partial charge in [0.2, 0.25) is 0 Å². The number of halogens is 6. The van der Waals surface area contributed by atoms with Crippen LogP contribution in [0.2, 0.25) is 0 Å². The number of para-hydroxylation sites is 4. The van der Waals surface area contributed by atoms with Crippen molar-refractivity contribution in [1.29, 1.82) is 0 Å². The molecule has 0 aliphatic carbocycles. The number of fused-ring (bicyclic) bond motifs is 4. The minimum absolute atomic E-state index is 0. The number of thiazole rings is 4. The van der Waals surface area contributed by atoms with Gasteiger partial charge in [-0.25, -0.2) is 28.2 Å². The summed E-state index contributed by atoms with van der Waals surface area (Å²) in [6, 6.07) is 53.0. The summed E-state index contributed by atoms with van der Waals surface area (Å²) in [6.07, 6.45) is 24.1. The largest absolute Gasteiger partial charge is 1.00 e. The van der Waals surface area contributed by atoms with Crippen molar-refractivity contribution in [1.82, 2.24) is 19.9 Å². The second-order valence-corrected chi connectivity index (χ2v) is 24.2. The molecule has 0 spiro atoms. The molecule has 8 nitrogen and oxygen atoms in total. The van der Waals surface area contributed by atoms with E-state index in [1.165, 1.54) is 55.6 Å². The number of nitrogens with zero attached hydrogens (tertiary/aromatic N) is 8. The van der Waals surface area contributed by atoms with Gasteiger partial charge in [-0.05, 0) is 61.4 Å². The van der Waals surface area contributed by atoms with E-state index >= 15 is 0 Å². The molecule has 0 N–H and O–H groups in total. The molecule has 0 unspecified atom stereocenters. The van der Waals surface area contributed by atoms with Crippen molar-refractivity contribution in [2.45, 2.75) is 64.7 Å². The van der Waals surface area contributed by atoms with Crippen molar-refractivity contribution in [3.63, 3.8) is 0 Å². The Kier molecular flexibility index (Phi) is 17.9. The van der Waals surface area contributed by atoms with Gasteiger partial charge in [0.1, 0.15) is 61.0 Å². The van der Waals surface area contributed by atoms with E-state index in [2.05, 4.69) is 189 Å². The second kappa shape index (κ2) is 24.6. The first-order chi connectivity index (χ1) is 37.1. The van der Waals surface area contributed by atoms with E-state index < -0.39 is 7.81 Å². The van der Waals surface area contributed by atoms with Crippen LogP contribution in [0.5, 0.6) is 0 Å². The van der Waals surface area contributed by atoms with Crippen LogP contribution in [-0.2, 0) is 26.2 Å². The fraction of sp³-hybridized carbons (Fsp3) is 0.172. The molecule has 0 saturated heterocycles. The zero-order valence-electron chi connectivity index (χ0n) is 42.3. The molecule has 12 rings (SSSR count). The van der Waals surface area contributed by atoms with E-state index in [0.717, 1.165) is 92.2 Å². The molecular formula is C58H50F6N8NaPS4+2. The third kappa shape index (κ3) is 16.6. The van der Waals surface area contributed by atoms with Crippen LogP contribution in [0.1, 0.15) is 38.5 Å². The summed E-state index contributed by atoms with van der Waals surface area (Å²) in [5, 5.41) is 4.23. The molecule has 0 amide bonds. The third-order valence-electron chi connectivity index (χ3n) is 12.2. The van der Waals surface area contributed by atoms with Crippen molar-refractivity contribution >= 4 is 94.0 Å². The Hall–Kier alpha value is -5.95. The predicted octanol–water partition coefficient (Wildman–Crippen LogP) is 13.4. The normalized spacial score (nSPS) is 12.3. The molecule has 0 saturated carbocycles. The van der Waals surface area contributed by atoms with Gasteiger partial charge >= 0.3 is 62.5 Å². The SMILES string of the molecule is F[P-](F)(F)(F)(F)F.[Na+].[c-]1c[n+](CCCCC[n+]2ccc(-c3nc4ccccc4s3)cc2)ccc1-c1nc2ccccc2s1.[c-]1c[n+](CCCCC[n+]2ccc(-c3nc4ccccc4s3)cc2)ccc1-c1nc2ccccc2s1. The maximum atomic E-state index is 9.87.